The Labute approximate surface area is 86.1 Å². The van der Waals surface area contributed by atoms with Crippen molar-refractivity contribution in [2.75, 3.05) is 19.6 Å². The van der Waals surface area contributed by atoms with Gasteiger partial charge >= 0.3 is 5.97 Å². The number of hydrogen-bond donors (Lipinski definition) is 1. The van der Waals surface area contributed by atoms with Crippen molar-refractivity contribution in [1.82, 2.24) is 4.90 Å². The van der Waals surface area contributed by atoms with Gasteiger partial charge in [-0.15, -0.1) is 12.3 Å². The molecule has 0 aromatic heterocycles. The number of carbonyl (C=O) groups is 1. The average Bonchev–Trinajstić information content (AvgIpc) is 2.09. The largest absolute Gasteiger partial charge is 0.480 e. The molecule has 0 aromatic carbocycles. The van der Waals surface area contributed by atoms with Gasteiger partial charge in [-0.25, -0.2) is 0 Å². The topological polar surface area (TPSA) is 40.5 Å². The van der Waals surface area contributed by atoms with Crippen LogP contribution in [0, 0.1) is 18.3 Å². The molecule has 0 atom stereocenters. The van der Waals surface area contributed by atoms with Crippen molar-refractivity contribution in [3.63, 3.8) is 0 Å². The normalized spacial score (nSPS) is 10.5. The predicted molar refractivity (Wildman–Crippen MR) is 57.0 cm³/mol. The highest BCUT2D eigenvalue weighted by atomic mass is 16.4. The van der Waals surface area contributed by atoms with Gasteiger partial charge in [0.1, 0.15) is 0 Å². The van der Waals surface area contributed by atoms with Gasteiger partial charge in [0.2, 0.25) is 0 Å². The van der Waals surface area contributed by atoms with Crippen molar-refractivity contribution in [3.05, 3.63) is 0 Å². The summed E-state index contributed by atoms with van der Waals surface area (Å²) in [6.45, 7) is 5.83. The Bertz CT molecular complexity index is 206. The predicted octanol–water partition coefficient (Wildman–Crippen LogP) is 1.44. The third kappa shape index (κ3) is 7.63. The Hall–Kier alpha value is -1.01. The first kappa shape index (κ1) is 13.0. The molecule has 80 valence electrons. The number of nitrogens with zero attached hydrogens (tertiary/aromatic N) is 1. The van der Waals surface area contributed by atoms with Crippen LogP contribution in [0.2, 0.25) is 0 Å². The molecule has 0 saturated heterocycles. The molecule has 0 unspecified atom stereocenters. The summed E-state index contributed by atoms with van der Waals surface area (Å²) < 4.78 is 0. The van der Waals surface area contributed by atoms with Crippen LogP contribution in [-0.4, -0.2) is 35.6 Å². The lowest BCUT2D eigenvalue weighted by Crippen LogP contribution is -2.32. The molecule has 0 aromatic rings. The van der Waals surface area contributed by atoms with Crippen LogP contribution in [0.15, 0.2) is 0 Å². The second kappa shape index (κ2) is 7.40. The molecule has 0 heterocycles. The third-order valence-electron chi connectivity index (χ3n) is 1.95. The SMILES string of the molecule is C#CCCN(CCC(C)C)CC(=O)O. The highest BCUT2D eigenvalue weighted by Gasteiger charge is 2.09. The van der Waals surface area contributed by atoms with Crippen molar-refractivity contribution in [1.29, 1.82) is 0 Å². The highest BCUT2D eigenvalue weighted by molar-refractivity contribution is 5.69. The van der Waals surface area contributed by atoms with E-state index in [2.05, 4.69) is 19.8 Å². The number of rotatable bonds is 7. The van der Waals surface area contributed by atoms with E-state index in [1.165, 1.54) is 0 Å². The van der Waals surface area contributed by atoms with Crippen LogP contribution in [0.3, 0.4) is 0 Å². The van der Waals surface area contributed by atoms with E-state index in [1.807, 2.05) is 4.90 Å². The fourth-order valence-electron chi connectivity index (χ4n) is 1.12. The molecule has 0 rings (SSSR count). The quantitative estimate of drug-likeness (QED) is 0.628. The molecule has 0 radical (unpaired) electrons. The van der Waals surface area contributed by atoms with Crippen LogP contribution >= 0.6 is 0 Å². The molecular weight excluding hydrogens is 178 g/mol. The molecule has 0 spiro atoms. The molecule has 1 N–H and O–H groups in total. The molecule has 0 fully saturated rings. The minimum absolute atomic E-state index is 0.0917. The fourth-order valence-corrected chi connectivity index (χ4v) is 1.12. The molecular formula is C11H19NO2. The van der Waals surface area contributed by atoms with E-state index in [1.54, 1.807) is 0 Å². The van der Waals surface area contributed by atoms with Crippen LogP contribution in [0.25, 0.3) is 0 Å². The van der Waals surface area contributed by atoms with E-state index in [0.717, 1.165) is 13.0 Å². The summed E-state index contributed by atoms with van der Waals surface area (Å²) in [4.78, 5) is 12.4. The number of aliphatic carboxylic acids is 1. The Morgan fingerprint density at radius 3 is 2.57 bits per heavy atom. The zero-order chi connectivity index (χ0) is 11.0. The van der Waals surface area contributed by atoms with Gasteiger partial charge in [0, 0.05) is 13.0 Å². The zero-order valence-electron chi connectivity index (χ0n) is 8.99. The summed E-state index contributed by atoms with van der Waals surface area (Å²) in [6.07, 6.45) is 6.77. The van der Waals surface area contributed by atoms with Gasteiger partial charge < -0.3 is 5.11 Å². The first-order valence-corrected chi connectivity index (χ1v) is 4.94. The summed E-state index contributed by atoms with van der Waals surface area (Å²) in [5.74, 6) is 2.33. The lowest BCUT2D eigenvalue weighted by atomic mass is 10.1. The van der Waals surface area contributed by atoms with E-state index in [4.69, 9.17) is 11.5 Å². The van der Waals surface area contributed by atoms with Crippen LogP contribution < -0.4 is 0 Å². The molecule has 3 nitrogen and oxygen atoms in total. The van der Waals surface area contributed by atoms with Gasteiger partial charge in [-0.1, -0.05) is 13.8 Å². The zero-order valence-corrected chi connectivity index (χ0v) is 8.99. The van der Waals surface area contributed by atoms with Gasteiger partial charge in [0.25, 0.3) is 0 Å². The monoisotopic (exact) mass is 197 g/mol. The summed E-state index contributed by atoms with van der Waals surface area (Å²) in [5, 5.41) is 8.66. The van der Waals surface area contributed by atoms with E-state index >= 15 is 0 Å². The Morgan fingerprint density at radius 2 is 2.14 bits per heavy atom. The van der Waals surface area contributed by atoms with Crippen molar-refractivity contribution < 1.29 is 9.90 Å². The maximum atomic E-state index is 10.5. The van der Waals surface area contributed by atoms with Crippen LogP contribution in [0.4, 0.5) is 0 Å². The van der Waals surface area contributed by atoms with Gasteiger partial charge in [-0.05, 0) is 18.9 Å². The van der Waals surface area contributed by atoms with Crippen LogP contribution in [0.5, 0.6) is 0 Å². The molecule has 3 heteroatoms. The van der Waals surface area contributed by atoms with E-state index < -0.39 is 5.97 Å². The van der Waals surface area contributed by atoms with Gasteiger partial charge in [0.05, 0.1) is 6.54 Å². The van der Waals surface area contributed by atoms with Crippen molar-refractivity contribution >= 4 is 5.97 Å². The second-order valence-electron chi connectivity index (χ2n) is 3.81. The second-order valence-corrected chi connectivity index (χ2v) is 3.81. The van der Waals surface area contributed by atoms with Crippen molar-refractivity contribution in [3.8, 4) is 12.3 Å². The lowest BCUT2D eigenvalue weighted by Gasteiger charge is -2.19. The van der Waals surface area contributed by atoms with Crippen molar-refractivity contribution in [2.24, 2.45) is 5.92 Å². The van der Waals surface area contributed by atoms with Crippen LogP contribution in [0.1, 0.15) is 26.7 Å². The lowest BCUT2D eigenvalue weighted by molar-refractivity contribution is -0.138. The smallest absolute Gasteiger partial charge is 0.317 e. The fraction of sp³-hybridized carbons (Fsp3) is 0.727. The van der Waals surface area contributed by atoms with E-state index in [-0.39, 0.29) is 6.54 Å². The molecule has 14 heavy (non-hydrogen) atoms. The van der Waals surface area contributed by atoms with Gasteiger partial charge in [-0.2, -0.15) is 0 Å². The third-order valence-corrected chi connectivity index (χ3v) is 1.95. The maximum Gasteiger partial charge on any atom is 0.317 e. The minimum Gasteiger partial charge on any atom is -0.480 e. The number of terminal acetylenes is 1. The Kier molecular flexibility index (Phi) is 6.87. The molecule has 0 amide bonds. The van der Waals surface area contributed by atoms with Gasteiger partial charge in [-0.3, -0.25) is 9.69 Å². The Morgan fingerprint density at radius 1 is 1.50 bits per heavy atom. The highest BCUT2D eigenvalue weighted by Crippen LogP contribution is 2.02. The first-order chi connectivity index (χ1) is 6.56. The molecule has 0 aliphatic rings. The van der Waals surface area contributed by atoms with E-state index in [0.29, 0.717) is 18.9 Å². The van der Waals surface area contributed by atoms with E-state index in [9.17, 15) is 4.79 Å². The van der Waals surface area contributed by atoms with Gasteiger partial charge in [0.15, 0.2) is 0 Å². The average molecular weight is 197 g/mol. The summed E-state index contributed by atoms with van der Waals surface area (Å²) in [5.41, 5.74) is 0. The molecule has 0 aliphatic carbocycles. The number of carboxylic acid groups (broad SMARTS) is 1. The summed E-state index contributed by atoms with van der Waals surface area (Å²) >= 11 is 0. The summed E-state index contributed by atoms with van der Waals surface area (Å²) in [6, 6.07) is 0. The molecule has 0 aliphatic heterocycles. The molecule has 0 bridgehead atoms. The summed E-state index contributed by atoms with van der Waals surface area (Å²) in [7, 11) is 0. The minimum atomic E-state index is -0.786. The Balaban J connectivity index is 3.85. The first-order valence-electron chi connectivity index (χ1n) is 4.94. The van der Waals surface area contributed by atoms with Crippen molar-refractivity contribution in [2.45, 2.75) is 26.7 Å². The van der Waals surface area contributed by atoms with Crippen LogP contribution in [-0.2, 0) is 4.79 Å². The molecule has 0 saturated carbocycles. The standard InChI is InChI=1S/C11H19NO2/c1-4-5-7-12(9-11(13)14)8-6-10(2)3/h1,10H,5-9H2,2-3H3,(H,13,14). The number of hydrogen-bond acceptors (Lipinski definition) is 2. The maximum absolute atomic E-state index is 10.5. The number of carboxylic acids is 1.